The number of aryl methyl sites for hydroxylation is 3. The second-order valence-corrected chi connectivity index (χ2v) is 13.1. The molecule has 3 aromatic rings. The molecule has 0 fully saturated rings. The fourth-order valence-corrected chi connectivity index (χ4v) is 6.26. The first-order chi connectivity index (χ1) is 18.2. The van der Waals surface area contributed by atoms with Gasteiger partial charge in [0.05, 0.1) is 30.3 Å². The Hall–Kier alpha value is -3.52. The predicted molar refractivity (Wildman–Crippen MR) is 154 cm³/mol. The molecule has 7 nitrogen and oxygen atoms in total. The van der Waals surface area contributed by atoms with Crippen LogP contribution in [0.3, 0.4) is 0 Å². The van der Waals surface area contributed by atoms with Crippen molar-refractivity contribution < 1.29 is 22.7 Å². The molecule has 1 aliphatic rings. The van der Waals surface area contributed by atoms with Crippen LogP contribution in [0.25, 0.3) is 0 Å². The number of hydrogen-bond acceptors (Lipinski definition) is 5. The third kappa shape index (κ3) is 5.76. The largest absolute Gasteiger partial charge is 0.497 e. The van der Waals surface area contributed by atoms with E-state index in [1.807, 2.05) is 32.9 Å². The fourth-order valence-electron chi connectivity index (χ4n) is 4.79. The molecule has 1 amide bonds. The maximum atomic E-state index is 13.9. The number of ether oxygens (including phenoxy) is 2. The van der Waals surface area contributed by atoms with Crippen LogP contribution >= 0.6 is 0 Å². The predicted octanol–water partition coefficient (Wildman–Crippen LogP) is 5.75. The summed E-state index contributed by atoms with van der Waals surface area (Å²) in [6.07, 6.45) is -1.03. The smallest absolute Gasteiger partial charge is 0.264 e. The molecule has 1 heterocycles. The Morgan fingerprint density at radius 1 is 1.00 bits per heavy atom. The Morgan fingerprint density at radius 3 is 2.26 bits per heavy atom. The lowest BCUT2D eigenvalue weighted by Crippen LogP contribution is -2.51. The van der Waals surface area contributed by atoms with Gasteiger partial charge in [0.15, 0.2) is 6.10 Å². The number of carbonyl (C=O) groups is 1. The van der Waals surface area contributed by atoms with Crippen molar-refractivity contribution in [3.63, 3.8) is 0 Å². The average molecular weight is 551 g/mol. The van der Waals surface area contributed by atoms with E-state index in [9.17, 15) is 13.2 Å². The summed E-state index contributed by atoms with van der Waals surface area (Å²) in [4.78, 5) is 13.6. The zero-order valence-electron chi connectivity index (χ0n) is 24.0. The zero-order valence-corrected chi connectivity index (χ0v) is 24.8. The van der Waals surface area contributed by atoms with Crippen molar-refractivity contribution in [2.45, 2.75) is 70.9 Å². The molecule has 3 aromatic carbocycles. The quantitative estimate of drug-likeness (QED) is 0.422. The van der Waals surface area contributed by atoms with E-state index in [1.54, 1.807) is 18.2 Å². The van der Waals surface area contributed by atoms with Gasteiger partial charge in [-0.2, -0.15) is 0 Å². The van der Waals surface area contributed by atoms with Gasteiger partial charge in [0.1, 0.15) is 11.5 Å². The molecule has 8 heteroatoms. The molecule has 1 aliphatic heterocycles. The molecule has 0 saturated carbocycles. The lowest BCUT2D eigenvalue weighted by Gasteiger charge is -2.36. The number of fused-ring (bicyclic) bond motifs is 1. The average Bonchev–Trinajstić information content (AvgIpc) is 2.89. The normalized spacial score (nSPS) is 16.2. The van der Waals surface area contributed by atoms with E-state index in [-0.39, 0.29) is 28.8 Å². The summed E-state index contributed by atoms with van der Waals surface area (Å²) in [5.74, 6) is 0.529. The van der Waals surface area contributed by atoms with E-state index in [0.29, 0.717) is 17.2 Å². The zero-order chi connectivity index (χ0) is 28.7. The number of hydrogen-bond donors (Lipinski definition) is 1. The van der Waals surface area contributed by atoms with Gasteiger partial charge in [-0.25, -0.2) is 8.42 Å². The van der Waals surface area contributed by atoms with Gasteiger partial charge in [-0.1, -0.05) is 39.0 Å². The van der Waals surface area contributed by atoms with Crippen LogP contribution in [0, 0.1) is 20.8 Å². The van der Waals surface area contributed by atoms with Crippen molar-refractivity contribution in [1.29, 1.82) is 0 Å². The van der Waals surface area contributed by atoms with Gasteiger partial charge in [0, 0.05) is 0 Å². The van der Waals surface area contributed by atoms with E-state index in [0.717, 1.165) is 22.3 Å². The molecule has 0 aliphatic carbocycles. The van der Waals surface area contributed by atoms with Crippen LogP contribution < -0.4 is 19.1 Å². The summed E-state index contributed by atoms with van der Waals surface area (Å²) in [5, 5.41) is 3.04. The minimum Gasteiger partial charge on any atom is -0.497 e. The third-order valence-corrected chi connectivity index (χ3v) is 9.14. The van der Waals surface area contributed by atoms with Gasteiger partial charge < -0.3 is 14.8 Å². The Kier molecular flexibility index (Phi) is 7.72. The lowest BCUT2D eigenvalue weighted by molar-refractivity contribution is -0.128. The van der Waals surface area contributed by atoms with Gasteiger partial charge in [-0.3, -0.25) is 9.10 Å². The van der Waals surface area contributed by atoms with E-state index < -0.39 is 16.1 Å². The van der Waals surface area contributed by atoms with Crippen molar-refractivity contribution in [3.8, 4) is 11.5 Å². The summed E-state index contributed by atoms with van der Waals surface area (Å²) in [6, 6.07) is 15.7. The van der Waals surface area contributed by atoms with Crippen LogP contribution in [0.4, 0.5) is 5.69 Å². The molecule has 4 rings (SSSR count). The Morgan fingerprint density at radius 2 is 1.64 bits per heavy atom. The summed E-state index contributed by atoms with van der Waals surface area (Å²) in [6.45, 7) is 14.1. The number of amides is 1. The number of carbonyl (C=O) groups excluding carboxylic acids is 1. The van der Waals surface area contributed by atoms with Crippen LogP contribution in [0.5, 0.6) is 11.5 Å². The van der Waals surface area contributed by atoms with Crippen LogP contribution in [-0.2, 0) is 20.2 Å². The minimum atomic E-state index is -4.01. The van der Waals surface area contributed by atoms with Gasteiger partial charge in [-0.15, -0.1) is 0 Å². The molecule has 0 bridgehead atoms. The first kappa shape index (κ1) is 28.5. The monoisotopic (exact) mass is 550 g/mol. The van der Waals surface area contributed by atoms with Crippen LogP contribution in [0.2, 0.25) is 0 Å². The third-order valence-electron chi connectivity index (χ3n) is 7.34. The molecule has 208 valence electrons. The number of methoxy groups -OCH3 is 1. The fraction of sp³-hybridized carbons (Fsp3) is 0.387. The van der Waals surface area contributed by atoms with Gasteiger partial charge >= 0.3 is 0 Å². The number of sulfonamides is 1. The Balaban J connectivity index is 1.70. The first-order valence-corrected chi connectivity index (χ1v) is 14.5. The second kappa shape index (κ2) is 10.6. The number of anilines is 1. The van der Waals surface area contributed by atoms with Crippen molar-refractivity contribution in [2.24, 2.45) is 0 Å². The molecule has 2 atom stereocenters. The molecule has 0 radical (unpaired) electrons. The number of nitrogens with zero attached hydrogens (tertiary/aromatic N) is 1. The highest BCUT2D eigenvalue weighted by atomic mass is 32.2. The summed E-state index contributed by atoms with van der Waals surface area (Å²) in [5.41, 5.74) is 5.60. The van der Waals surface area contributed by atoms with E-state index in [4.69, 9.17) is 9.47 Å². The van der Waals surface area contributed by atoms with Crippen molar-refractivity contribution in [2.75, 3.05) is 18.0 Å². The molecular formula is C31H38N2O5S. The van der Waals surface area contributed by atoms with E-state index in [2.05, 4.69) is 45.1 Å². The first-order valence-electron chi connectivity index (χ1n) is 13.1. The van der Waals surface area contributed by atoms with Gasteiger partial charge in [0.25, 0.3) is 15.9 Å². The summed E-state index contributed by atoms with van der Waals surface area (Å²) >= 11 is 0. The SMILES string of the molecule is COc1ccc(S(=O)(=O)N2C[C@@H](C(=O)N[C@H](C)c3cc(C)c(C)cc3C)Oc3ccc(C(C)(C)C)cc32)cc1. The van der Waals surface area contributed by atoms with Crippen molar-refractivity contribution >= 4 is 21.6 Å². The number of nitrogens with one attached hydrogen (secondary N) is 1. The molecule has 0 spiro atoms. The standard InChI is InChI=1S/C31H38N2O5S/c1-19-15-21(3)26(16-20(19)2)22(4)32-30(34)29-18-33(39(35,36)25-12-10-24(37-8)11-13-25)27-17-23(31(5,6)7)9-14-28(27)38-29/h9-17,22,29H,18H2,1-8H3,(H,32,34)/t22-,29+/m1/s1. The summed E-state index contributed by atoms with van der Waals surface area (Å²) in [7, 11) is -2.48. The van der Waals surface area contributed by atoms with Crippen LogP contribution in [0.15, 0.2) is 59.5 Å². The van der Waals surface area contributed by atoms with E-state index in [1.165, 1.54) is 29.1 Å². The van der Waals surface area contributed by atoms with Crippen molar-refractivity contribution in [3.05, 3.63) is 82.4 Å². The Labute approximate surface area is 232 Å². The lowest BCUT2D eigenvalue weighted by atomic mass is 9.86. The van der Waals surface area contributed by atoms with Gasteiger partial charge in [-0.05, 0) is 97.3 Å². The highest BCUT2D eigenvalue weighted by Crippen LogP contribution is 2.40. The minimum absolute atomic E-state index is 0.107. The Bertz CT molecular complexity index is 1490. The number of benzene rings is 3. The van der Waals surface area contributed by atoms with Crippen LogP contribution in [-0.4, -0.2) is 34.1 Å². The van der Waals surface area contributed by atoms with E-state index >= 15 is 0 Å². The van der Waals surface area contributed by atoms with Crippen molar-refractivity contribution in [1.82, 2.24) is 5.32 Å². The molecule has 39 heavy (non-hydrogen) atoms. The highest BCUT2D eigenvalue weighted by Gasteiger charge is 2.38. The second-order valence-electron chi connectivity index (χ2n) is 11.3. The maximum Gasteiger partial charge on any atom is 0.264 e. The maximum absolute atomic E-state index is 13.9. The molecule has 0 aromatic heterocycles. The van der Waals surface area contributed by atoms with Crippen LogP contribution in [0.1, 0.15) is 61.6 Å². The highest BCUT2D eigenvalue weighted by molar-refractivity contribution is 7.92. The molecule has 0 saturated heterocycles. The molecule has 1 N–H and O–H groups in total. The number of rotatable bonds is 6. The van der Waals surface area contributed by atoms with Gasteiger partial charge in [0.2, 0.25) is 0 Å². The summed E-state index contributed by atoms with van der Waals surface area (Å²) < 4.78 is 40.5. The topological polar surface area (TPSA) is 84.9 Å². The molecule has 0 unspecified atom stereocenters. The molecular weight excluding hydrogens is 512 g/mol.